The number of carbonyl (C=O) groups is 3. The summed E-state index contributed by atoms with van der Waals surface area (Å²) in [7, 11) is 0. The van der Waals surface area contributed by atoms with Crippen molar-refractivity contribution in [3.05, 3.63) is 29.8 Å². The SMILES string of the molecule is O=C(O)CCCNC(=O)Nc1cccc(C(=O)N2CCSCC2)c1. The number of hydrogen-bond donors (Lipinski definition) is 3. The largest absolute Gasteiger partial charge is 0.481 e. The summed E-state index contributed by atoms with van der Waals surface area (Å²) in [5.74, 6) is 0.977. The zero-order valence-electron chi connectivity index (χ0n) is 13.3. The van der Waals surface area contributed by atoms with E-state index in [4.69, 9.17) is 5.11 Å². The molecule has 1 fully saturated rings. The summed E-state index contributed by atoms with van der Waals surface area (Å²) in [5.41, 5.74) is 1.08. The number of rotatable bonds is 6. The molecule has 0 saturated carbocycles. The maximum atomic E-state index is 12.4. The second-order valence-corrected chi connectivity index (χ2v) is 6.59. The lowest BCUT2D eigenvalue weighted by molar-refractivity contribution is -0.137. The number of carbonyl (C=O) groups excluding carboxylic acids is 2. The Hall–Kier alpha value is -2.22. The van der Waals surface area contributed by atoms with Gasteiger partial charge in [-0.1, -0.05) is 6.07 Å². The molecule has 24 heavy (non-hydrogen) atoms. The van der Waals surface area contributed by atoms with Gasteiger partial charge in [0.05, 0.1) is 0 Å². The van der Waals surface area contributed by atoms with Crippen LogP contribution in [0.1, 0.15) is 23.2 Å². The molecule has 2 rings (SSSR count). The molecule has 0 unspecified atom stereocenters. The Balaban J connectivity index is 1.86. The number of carboxylic acids is 1. The van der Waals surface area contributed by atoms with Gasteiger partial charge >= 0.3 is 12.0 Å². The Morgan fingerprint density at radius 3 is 2.67 bits per heavy atom. The zero-order chi connectivity index (χ0) is 17.4. The molecule has 1 aromatic carbocycles. The van der Waals surface area contributed by atoms with Crippen molar-refractivity contribution in [2.45, 2.75) is 12.8 Å². The molecule has 0 bridgehead atoms. The Bertz CT molecular complexity index is 603. The number of carboxylic acid groups (broad SMARTS) is 1. The first-order chi connectivity index (χ1) is 11.6. The van der Waals surface area contributed by atoms with E-state index in [2.05, 4.69) is 10.6 Å². The van der Waals surface area contributed by atoms with Crippen molar-refractivity contribution in [3.63, 3.8) is 0 Å². The van der Waals surface area contributed by atoms with Gasteiger partial charge in [0.15, 0.2) is 0 Å². The molecule has 1 aliphatic rings. The number of amides is 3. The van der Waals surface area contributed by atoms with E-state index in [0.29, 0.717) is 17.7 Å². The van der Waals surface area contributed by atoms with Gasteiger partial charge in [0, 0.05) is 48.8 Å². The van der Waals surface area contributed by atoms with Gasteiger partial charge in [-0.05, 0) is 24.6 Å². The monoisotopic (exact) mass is 351 g/mol. The highest BCUT2D eigenvalue weighted by Crippen LogP contribution is 2.16. The van der Waals surface area contributed by atoms with Crippen LogP contribution in [0.5, 0.6) is 0 Å². The van der Waals surface area contributed by atoms with Crippen molar-refractivity contribution in [1.29, 1.82) is 0 Å². The number of benzene rings is 1. The molecule has 0 aliphatic carbocycles. The average molecular weight is 351 g/mol. The van der Waals surface area contributed by atoms with Gasteiger partial charge in [0.1, 0.15) is 0 Å². The van der Waals surface area contributed by atoms with Crippen LogP contribution in [-0.2, 0) is 4.79 Å². The normalized spacial score (nSPS) is 14.1. The lowest BCUT2D eigenvalue weighted by Gasteiger charge is -2.26. The molecule has 7 nitrogen and oxygen atoms in total. The number of urea groups is 1. The Labute approximate surface area is 144 Å². The molecule has 1 saturated heterocycles. The Kier molecular flexibility index (Phi) is 6.92. The molecule has 3 amide bonds. The van der Waals surface area contributed by atoms with Crippen molar-refractivity contribution in [2.75, 3.05) is 36.5 Å². The van der Waals surface area contributed by atoms with Gasteiger partial charge in [0.25, 0.3) is 5.91 Å². The lowest BCUT2D eigenvalue weighted by Crippen LogP contribution is -2.37. The van der Waals surface area contributed by atoms with Crippen LogP contribution in [0.15, 0.2) is 24.3 Å². The molecule has 0 spiro atoms. The number of anilines is 1. The molecule has 3 N–H and O–H groups in total. The molecule has 1 aromatic rings. The number of nitrogens with zero attached hydrogens (tertiary/aromatic N) is 1. The lowest BCUT2D eigenvalue weighted by atomic mass is 10.1. The van der Waals surface area contributed by atoms with Crippen LogP contribution in [0.25, 0.3) is 0 Å². The van der Waals surface area contributed by atoms with Crippen molar-refractivity contribution in [1.82, 2.24) is 10.2 Å². The standard InChI is InChI=1S/C16H21N3O4S/c20-14(21)5-2-6-17-16(23)18-13-4-1-3-12(11-13)15(22)19-7-9-24-10-8-19/h1,3-4,11H,2,5-10H2,(H,20,21)(H2,17,18,23). The summed E-state index contributed by atoms with van der Waals surface area (Å²) >= 11 is 1.84. The molecule has 0 atom stereocenters. The highest BCUT2D eigenvalue weighted by molar-refractivity contribution is 7.99. The van der Waals surface area contributed by atoms with Gasteiger partial charge in [-0.25, -0.2) is 4.79 Å². The van der Waals surface area contributed by atoms with Gasteiger partial charge in [-0.3, -0.25) is 9.59 Å². The number of nitrogens with one attached hydrogen (secondary N) is 2. The summed E-state index contributed by atoms with van der Waals surface area (Å²) < 4.78 is 0. The van der Waals surface area contributed by atoms with E-state index in [1.807, 2.05) is 16.7 Å². The Morgan fingerprint density at radius 2 is 1.96 bits per heavy atom. The predicted octanol–water partition coefficient (Wildman–Crippen LogP) is 1.86. The first kappa shape index (κ1) is 18.1. The van der Waals surface area contributed by atoms with Crippen LogP contribution < -0.4 is 10.6 Å². The van der Waals surface area contributed by atoms with Crippen LogP contribution in [0, 0.1) is 0 Å². The first-order valence-electron chi connectivity index (χ1n) is 7.80. The summed E-state index contributed by atoms with van der Waals surface area (Å²) in [6.45, 7) is 1.76. The summed E-state index contributed by atoms with van der Waals surface area (Å²) in [6, 6.07) is 6.41. The molecular weight excluding hydrogens is 330 g/mol. The molecule has 1 aliphatic heterocycles. The minimum atomic E-state index is -0.889. The van der Waals surface area contributed by atoms with E-state index in [0.717, 1.165) is 24.6 Å². The minimum Gasteiger partial charge on any atom is -0.481 e. The van der Waals surface area contributed by atoms with Crippen molar-refractivity contribution in [3.8, 4) is 0 Å². The third-order valence-electron chi connectivity index (χ3n) is 3.52. The quantitative estimate of drug-likeness (QED) is 0.680. The average Bonchev–Trinajstić information content (AvgIpc) is 2.59. The number of thioether (sulfide) groups is 1. The fourth-order valence-electron chi connectivity index (χ4n) is 2.30. The number of aliphatic carboxylic acids is 1. The third-order valence-corrected chi connectivity index (χ3v) is 4.46. The smallest absolute Gasteiger partial charge is 0.319 e. The molecular formula is C16H21N3O4S. The summed E-state index contributed by atoms with van der Waals surface area (Å²) in [5, 5.41) is 13.8. The van der Waals surface area contributed by atoms with Gasteiger partial charge in [0.2, 0.25) is 0 Å². The first-order valence-corrected chi connectivity index (χ1v) is 8.95. The fraction of sp³-hybridized carbons (Fsp3) is 0.438. The van der Waals surface area contributed by atoms with E-state index in [-0.39, 0.29) is 18.9 Å². The van der Waals surface area contributed by atoms with Crippen LogP contribution in [0.2, 0.25) is 0 Å². The van der Waals surface area contributed by atoms with E-state index in [1.165, 1.54) is 0 Å². The van der Waals surface area contributed by atoms with Crippen LogP contribution in [-0.4, -0.2) is 59.1 Å². The van der Waals surface area contributed by atoms with Crippen LogP contribution in [0.3, 0.4) is 0 Å². The summed E-state index contributed by atoms with van der Waals surface area (Å²) in [4.78, 5) is 36.4. The van der Waals surface area contributed by atoms with Crippen molar-refractivity contribution >= 4 is 35.4 Å². The van der Waals surface area contributed by atoms with E-state index in [9.17, 15) is 14.4 Å². The summed E-state index contributed by atoms with van der Waals surface area (Å²) in [6.07, 6.45) is 0.382. The van der Waals surface area contributed by atoms with Crippen molar-refractivity contribution in [2.24, 2.45) is 0 Å². The van der Waals surface area contributed by atoms with Crippen LogP contribution in [0.4, 0.5) is 10.5 Å². The van der Waals surface area contributed by atoms with Gasteiger partial charge < -0.3 is 20.6 Å². The maximum absolute atomic E-state index is 12.4. The highest BCUT2D eigenvalue weighted by atomic mass is 32.2. The molecule has 130 valence electrons. The predicted molar refractivity (Wildman–Crippen MR) is 93.6 cm³/mol. The second kappa shape index (κ2) is 9.17. The maximum Gasteiger partial charge on any atom is 0.319 e. The molecule has 0 aromatic heterocycles. The van der Waals surface area contributed by atoms with E-state index < -0.39 is 12.0 Å². The topological polar surface area (TPSA) is 98.7 Å². The molecule has 8 heteroatoms. The fourth-order valence-corrected chi connectivity index (χ4v) is 3.20. The number of hydrogen-bond acceptors (Lipinski definition) is 4. The molecule has 0 radical (unpaired) electrons. The van der Waals surface area contributed by atoms with Crippen molar-refractivity contribution < 1.29 is 19.5 Å². The minimum absolute atomic E-state index is 0.0123. The van der Waals surface area contributed by atoms with Gasteiger partial charge in [-0.15, -0.1) is 0 Å². The second-order valence-electron chi connectivity index (χ2n) is 5.36. The highest BCUT2D eigenvalue weighted by Gasteiger charge is 2.18. The Morgan fingerprint density at radius 1 is 1.21 bits per heavy atom. The van der Waals surface area contributed by atoms with Gasteiger partial charge in [-0.2, -0.15) is 11.8 Å². The van der Waals surface area contributed by atoms with E-state index in [1.54, 1.807) is 24.3 Å². The van der Waals surface area contributed by atoms with E-state index >= 15 is 0 Å². The van der Waals surface area contributed by atoms with Crippen LogP contribution >= 0.6 is 11.8 Å². The zero-order valence-corrected chi connectivity index (χ0v) is 14.1. The third kappa shape index (κ3) is 5.77. The molecule has 1 heterocycles.